The van der Waals surface area contributed by atoms with Gasteiger partial charge in [-0.2, -0.15) is 8.78 Å². The van der Waals surface area contributed by atoms with E-state index in [0.29, 0.717) is 17.9 Å². The molecule has 0 saturated carbocycles. The fourth-order valence-electron chi connectivity index (χ4n) is 1.42. The maximum atomic E-state index is 12.3. The molecule has 19 heavy (non-hydrogen) atoms. The summed E-state index contributed by atoms with van der Waals surface area (Å²) in [6, 6.07) is 4.54. The van der Waals surface area contributed by atoms with Crippen LogP contribution in [-0.2, 0) is 6.54 Å². The first kappa shape index (κ1) is 15.0. The molecule has 1 rings (SSSR count). The van der Waals surface area contributed by atoms with Gasteiger partial charge in [0.15, 0.2) is 5.96 Å². The SMILES string of the molecule is CCNC(N)=NCc1cc(OC)ccc1OC(F)F. The zero-order valence-corrected chi connectivity index (χ0v) is 10.8. The lowest BCUT2D eigenvalue weighted by Gasteiger charge is -2.11. The van der Waals surface area contributed by atoms with E-state index in [1.165, 1.54) is 13.2 Å². The summed E-state index contributed by atoms with van der Waals surface area (Å²) in [5.41, 5.74) is 6.05. The Kier molecular flexibility index (Phi) is 5.84. The molecule has 1 aromatic rings. The van der Waals surface area contributed by atoms with Crippen molar-refractivity contribution in [3.8, 4) is 11.5 Å². The van der Waals surface area contributed by atoms with E-state index in [1.807, 2.05) is 6.92 Å². The van der Waals surface area contributed by atoms with Crippen molar-refractivity contribution in [2.45, 2.75) is 20.1 Å². The first-order chi connectivity index (χ1) is 9.06. The number of alkyl halides is 2. The molecule has 0 atom stereocenters. The normalized spacial score (nSPS) is 11.5. The van der Waals surface area contributed by atoms with Gasteiger partial charge in [-0.1, -0.05) is 0 Å². The minimum Gasteiger partial charge on any atom is -0.497 e. The standard InChI is InChI=1S/C12H17F2N3O2/c1-3-16-12(15)17-7-8-6-9(18-2)4-5-10(8)19-11(13)14/h4-6,11H,3,7H2,1-2H3,(H3,15,16,17). The summed E-state index contributed by atoms with van der Waals surface area (Å²) >= 11 is 0. The molecule has 5 nitrogen and oxygen atoms in total. The molecule has 0 radical (unpaired) electrons. The molecule has 0 amide bonds. The molecule has 0 bridgehead atoms. The van der Waals surface area contributed by atoms with Crippen LogP contribution in [0.15, 0.2) is 23.2 Å². The summed E-state index contributed by atoms with van der Waals surface area (Å²) in [6.45, 7) is -0.257. The van der Waals surface area contributed by atoms with Crippen LogP contribution >= 0.6 is 0 Å². The van der Waals surface area contributed by atoms with Crippen molar-refractivity contribution in [3.05, 3.63) is 23.8 Å². The lowest BCUT2D eigenvalue weighted by molar-refractivity contribution is -0.0504. The van der Waals surface area contributed by atoms with Gasteiger partial charge >= 0.3 is 6.61 Å². The predicted octanol–water partition coefficient (Wildman–Crippen LogP) is 1.72. The van der Waals surface area contributed by atoms with Crippen LogP contribution in [0.2, 0.25) is 0 Å². The fraction of sp³-hybridized carbons (Fsp3) is 0.417. The Morgan fingerprint density at radius 3 is 2.79 bits per heavy atom. The van der Waals surface area contributed by atoms with Crippen molar-refractivity contribution < 1.29 is 18.3 Å². The van der Waals surface area contributed by atoms with Gasteiger partial charge in [-0.3, -0.25) is 0 Å². The lowest BCUT2D eigenvalue weighted by Crippen LogP contribution is -2.31. The second kappa shape index (κ2) is 7.40. The van der Waals surface area contributed by atoms with Crippen LogP contribution in [0.3, 0.4) is 0 Å². The largest absolute Gasteiger partial charge is 0.497 e. The molecule has 0 aliphatic carbocycles. The highest BCUT2D eigenvalue weighted by Gasteiger charge is 2.10. The fourth-order valence-corrected chi connectivity index (χ4v) is 1.42. The number of nitrogens with one attached hydrogen (secondary N) is 1. The molecular weight excluding hydrogens is 256 g/mol. The molecule has 106 valence electrons. The molecule has 1 aromatic carbocycles. The molecule has 0 spiro atoms. The van der Waals surface area contributed by atoms with Gasteiger partial charge in [0.05, 0.1) is 13.7 Å². The minimum atomic E-state index is -2.89. The zero-order valence-electron chi connectivity index (χ0n) is 10.8. The quantitative estimate of drug-likeness (QED) is 0.611. The monoisotopic (exact) mass is 273 g/mol. The number of methoxy groups -OCH3 is 1. The predicted molar refractivity (Wildman–Crippen MR) is 68.6 cm³/mol. The van der Waals surface area contributed by atoms with E-state index < -0.39 is 6.61 Å². The highest BCUT2D eigenvalue weighted by Crippen LogP contribution is 2.26. The van der Waals surface area contributed by atoms with Crippen LogP contribution in [0.1, 0.15) is 12.5 Å². The number of nitrogens with two attached hydrogens (primary N) is 1. The van der Waals surface area contributed by atoms with Crippen LogP contribution in [0.4, 0.5) is 8.78 Å². The molecule has 0 heterocycles. The van der Waals surface area contributed by atoms with Crippen LogP contribution < -0.4 is 20.5 Å². The van der Waals surface area contributed by atoms with E-state index in [2.05, 4.69) is 15.0 Å². The van der Waals surface area contributed by atoms with E-state index in [-0.39, 0.29) is 18.3 Å². The van der Waals surface area contributed by atoms with Crippen LogP contribution in [0, 0.1) is 0 Å². The van der Waals surface area contributed by atoms with Crippen molar-refractivity contribution >= 4 is 5.96 Å². The van der Waals surface area contributed by atoms with Gasteiger partial charge < -0.3 is 20.5 Å². The summed E-state index contributed by atoms with van der Waals surface area (Å²) in [5, 5.41) is 2.81. The summed E-state index contributed by atoms with van der Waals surface area (Å²) < 4.78 is 34.0. The van der Waals surface area contributed by atoms with Crippen LogP contribution in [0.5, 0.6) is 11.5 Å². The number of halogens is 2. The smallest absolute Gasteiger partial charge is 0.387 e. The number of hydrogen-bond acceptors (Lipinski definition) is 3. The number of nitrogens with zero attached hydrogens (tertiary/aromatic N) is 1. The first-order valence-electron chi connectivity index (χ1n) is 5.72. The molecule has 0 saturated heterocycles. The van der Waals surface area contributed by atoms with Gasteiger partial charge in [-0.05, 0) is 25.1 Å². The second-order valence-electron chi connectivity index (χ2n) is 3.58. The molecule has 0 aliphatic heterocycles. The Hall–Kier alpha value is -2.05. The number of rotatable bonds is 6. The van der Waals surface area contributed by atoms with Crippen molar-refractivity contribution in [2.75, 3.05) is 13.7 Å². The topological polar surface area (TPSA) is 68.9 Å². The number of ether oxygens (including phenoxy) is 2. The third kappa shape index (κ3) is 4.99. The zero-order chi connectivity index (χ0) is 14.3. The van der Waals surface area contributed by atoms with Gasteiger partial charge in [0, 0.05) is 12.1 Å². The molecule has 0 unspecified atom stereocenters. The Morgan fingerprint density at radius 2 is 2.21 bits per heavy atom. The van der Waals surface area contributed by atoms with E-state index in [9.17, 15) is 8.78 Å². The Balaban J connectivity index is 2.91. The lowest BCUT2D eigenvalue weighted by atomic mass is 10.2. The second-order valence-corrected chi connectivity index (χ2v) is 3.58. The molecule has 0 fully saturated rings. The summed E-state index contributed by atoms with van der Waals surface area (Å²) in [6.07, 6.45) is 0. The summed E-state index contributed by atoms with van der Waals surface area (Å²) in [5.74, 6) is 0.839. The third-order valence-corrected chi connectivity index (χ3v) is 2.26. The maximum Gasteiger partial charge on any atom is 0.387 e. The van der Waals surface area contributed by atoms with Crippen molar-refractivity contribution in [3.63, 3.8) is 0 Å². The van der Waals surface area contributed by atoms with E-state index in [4.69, 9.17) is 10.5 Å². The molecular formula is C12H17F2N3O2. The van der Waals surface area contributed by atoms with E-state index >= 15 is 0 Å². The number of benzene rings is 1. The number of hydrogen-bond donors (Lipinski definition) is 2. The van der Waals surface area contributed by atoms with Crippen LogP contribution in [0.25, 0.3) is 0 Å². The third-order valence-electron chi connectivity index (χ3n) is 2.26. The summed E-state index contributed by atoms with van der Waals surface area (Å²) in [7, 11) is 1.49. The van der Waals surface area contributed by atoms with Gasteiger partial charge in [0.2, 0.25) is 0 Å². The highest BCUT2D eigenvalue weighted by molar-refractivity contribution is 5.77. The molecule has 0 aliphatic rings. The summed E-state index contributed by atoms with van der Waals surface area (Å²) in [4.78, 5) is 4.03. The Labute approximate surface area is 110 Å². The minimum absolute atomic E-state index is 0.0591. The average Bonchev–Trinajstić information content (AvgIpc) is 2.37. The van der Waals surface area contributed by atoms with Crippen molar-refractivity contribution in [2.24, 2.45) is 10.7 Å². The van der Waals surface area contributed by atoms with Crippen LogP contribution in [-0.4, -0.2) is 26.2 Å². The number of guanidine groups is 1. The van der Waals surface area contributed by atoms with Gasteiger partial charge in [-0.25, -0.2) is 4.99 Å². The van der Waals surface area contributed by atoms with Crippen molar-refractivity contribution in [1.29, 1.82) is 0 Å². The Morgan fingerprint density at radius 1 is 1.47 bits per heavy atom. The maximum absolute atomic E-state index is 12.3. The Bertz CT molecular complexity index is 439. The van der Waals surface area contributed by atoms with E-state index in [1.54, 1.807) is 12.1 Å². The van der Waals surface area contributed by atoms with Gasteiger partial charge in [0.25, 0.3) is 0 Å². The highest BCUT2D eigenvalue weighted by atomic mass is 19.3. The first-order valence-corrected chi connectivity index (χ1v) is 5.72. The number of aliphatic imine (C=N–C) groups is 1. The molecule has 0 aromatic heterocycles. The van der Waals surface area contributed by atoms with E-state index in [0.717, 1.165) is 0 Å². The van der Waals surface area contributed by atoms with Gasteiger partial charge in [-0.15, -0.1) is 0 Å². The van der Waals surface area contributed by atoms with Gasteiger partial charge in [0.1, 0.15) is 11.5 Å². The average molecular weight is 273 g/mol. The molecule has 3 N–H and O–H groups in total. The van der Waals surface area contributed by atoms with Crippen molar-refractivity contribution in [1.82, 2.24) is 5.32 Å². The molecule has 7 heteroatoms.